The lowest BCUT2D eigenvalue weighted by Crippen LogP contribution is -2.27. The summed E-state index contributed by atoms with van der Waals surface area (Å²) in [6.07, 6.45) is 5.86. The molecule has 0 aliphatic heterocycles. The molecule has 1 unspecified atom stereocenters. The van der Waals surface area contributed by atoms with Crippen LogP contribution >= 0.6 is 12.6 Å². The molecular weight excluding hydrogens is 194 g/mol. The maximum atomic E-state index is 11.1. The number of hydrogen-bond acceptors (Lipinski definition) is 2. The predicted octanol–water partition coefficient (Wildman–Crippen LogP) is 2.51. The summed E-state index contributed by atoms with van der Waals surface area (Å²) in [6.45, 7) is 6.39. The predicted molar refractivity (Wildman–Crippen MR) is 64.8 cm³/mol. The number of thiol groups is 1. The molecule has 0 aromatic rings. The van der Waals surface area contributed by atoms with Crippen molar-refractivity contribution in [1.29, 1.82) is 0 Å². The van der Waals surface area contributed by atoms with Crippen LogP contribution in [0.3, 0.4) is 0 Å². The average Bonchev–Trinajstić information content (AvgIpc) is 2.21. The van der Waals surface area contributed by atoms with Gasteiger partial charge < -0.3 is 4.90 Å². The fraction of sp³-hybridized carbons (Fsp3) is 0.727. The second kappa shape index (κ2) is 7.92. The Labute approximate surface area is 92.8 Å². The Kier molecular flexibility index (Phi) is 7.67. The van der Waals surface area contributed by atoms with E-state index in [1.54, 1.807) is 11.9 Å². The van der Waals surface area contributed by atoms with Gasteiger partial charge in [-0.3, -0.25) is 4.79 Å². The number of amides is 1. The number of rotatable bonds is 7. The SMILES string of the molecule is C=CC(=O)N(C)CCC(S)CCCC. The van der Waals surface area contributed by atoms with Crippen molar-refractivity contribution in [3.8, 4) is 0 Å². The summed E-state index contributed by atoms with van der Waals surface area (Å²) in [5.41, 5.74) is 0. The first kappa shape index (κ1) is 13.6. The minimum atomic E-state index is -0.0129. The number of likely N-dealkylation sites (N-methyl/N-ethyl adjacent to an activating group) is 1. The van der Waals surface area contributed by atoms with E-state index < -0.39 is 0 Å². The first-order chi connectivity index (χ1) is 6.61. The van der Waals surface area contributed by atoms with Crippen molar-refractivity contribution in [2.45, 2.75) is 37.9 Å². The largest absolute Gasteiger partial charge is 0.342 e. The third-order valence-electron chi connectivity index (χ3n) is 2.24. The van der Waals surface area contributed by atoms with Gasteiger partial charge in [-0.1, -0.05) is 26.3 Å². The molecule has 0 rings (SSSR count). The van der Waals surface area contributed by atoms with Gasteiger partial charge in [0.05, 0.1) is 0 Å². The van der Waals surface area contributed by atoms with Gasteiger partial charge in [-0.25, -0.2) is 0 Å². The van der Waals surface area contributed by atoms with Crippen LogP contribution < -0.4 is 0 Å². The molecule has 82 valence electrons. The number of carbonyl (C=O) groups excluding carboxylic acids is 1. The minimum absolute atomic E-state index is 0.0129. The number of nitrogens with zero attached hydrogens (tertiary/aromatic N) is 1. The molecular formula is C11H21NOS. The molecule has 3 heteroatoms. The molecule has 1 amide bonds. The molecule has 0 heterocycles. The van der Waals surface area contributed by atoms with Gasteiger partial charge in [0, 0.05) is 18.8 Å². The molecule has 0 spiro atoms. The Morgan fingerprint density at radius 2 is 2.21 bits per heavy atom. The monoisotopic (exact) mass is 215 g/mol. The van der Waals surface area contributed by atoms with Gasteiger partial charge in [-0.15, -0.1) is 0 Å². The number of carbonyl (C=O) groups is 1. The minimum Gasteiger partial charge on any atom is -0.342 e. The lowest BCUT2D eigenvalue weighted by Gasteiger charge is -2.17. The summed E-state index contributed by atoms with van der Waals surface area (Å²) >= 11 is 4.47. The van der Waals surface area contributed by atoms with Crippen LogP contribution in [-0.4, -0.2) is 29.6 Å². The van der Waals surface area contributed by atoms with E-state index in [4.69, 9.17) is 0 Å². The molecule has 0 aliphatic rings. The van der Waals surface area contributed by atoms with Crippen LogP contribution in [0.25, 0.3) is 0 Å². The second-order valence-electron chi connectivity index (χ2n) is 3.55. The summed E-state index contributed by atoms with van der Waals surface area (Å²) < 4.78 is 0. The van der Waals surface area contributed by atoms with Gasteiger partial charge >= 0.3 is 0 Å². The van der Waals surface area contributed by atoms with Crippen molar-refractivity contribution >= 4 is 18.5 Å². The molecule has 0 bridgehead atoms. The molecule has 0 saturated carbocycles. The van der Waals surface area contributed by atoms with E-state index in [0.717, 1.165) is 19.4 Å². The molecule has 0 aliphatic carbocycles. The summed E-state index contributed by atoms with van der Waals surface area (Å²) in [4.78, 5) is 12.8. The highest BCUT2D eigenvalue weighted by atomic mass is 32.1. The van der Waals surface area contributed by atoms with E-state index in [9.17, 15) is 4.79 Å². The zero-order chi connectivity index (χ0) is 11.0. The zero-order valence-electron chi connectivity index (χ0n) is 9.20. The lowest BCUT2D eigenvalue weighted by atomic mass is 10.1. The van der Waals surface area contributed by atoms with Crippen molar-refractivity contribution in [2.24, 2.45) is 0 Å². The first-order valence-electron chi connectivity index (χ1n) is 5.17. The quantitative estimate of drug-likeness (QED) is 0.511. The van der Waals surface area contributed by atoms with Gasteiger partial charge in [0.25, 0.3) is 0 Å². The van der Waals surface area contributed by atoms with E-state index in [0.29, 0.717) is 5.25 Å². The fourth-order valence-electron chi connectivity index (χ4n) is 1.19. The summed E-state index contributed by atoms with van der Waals surface area (Å²) in [7, 11) is 1.80. The zero-order valence-corrected chi connectivity index (χ0v) is 10.1. The highest BCUT2D eigenvalue weighted by Gasteiger charge is 2.07. The maximum Gasteiger partial charge on any atom is 0.245 e. The molecule has 0 aromatic heterocycles. The topological polar surface area (TPSA) is 20.3 Å². The third-order valence-corrected chi connectivity index (χ3v) is 2.76. The molecule has 0 fully saturated rings. The highest BCUT2D eigenvalue weighted by Crippen LogP contribution is 2.11. The van der Waals surface area contributed by atoms with Gasteiger partial charge in [-0.05, 0) is 18.9 Å². The van der Waals surface area contributed by atoms with Crippen molar-refractivity contribution in [3.05, 3.63) is 12.7 Å². The summed E-state index contributed by atoms with van der Waals surface area (Å²) in [5, 5.41) is 0.412. The van der Waals surface area contributed by atoms with Gasteiger partial charge in [0.15, 0.2) is 0 Å². The Morgan fingerprint density at radius 1 is 1.57 bits per heavy atom. The van der Waals surface area contributed by atoms with E-state index in [1.807, 2.05) is 0 Å². The third kappa shape index (κ3) is 6.08. The number of unbranched alkanes of at least 4 members (excludes halogenated alkanes) is 1. The van der Waals surface area contributed by atoms with Gasteiger partial charge in [-0.2, -0.15) is 12.6 Å². The van der Waals surface area contributed by atoms with Crippen molar-refractivity contribution < 1.29 is 4.79 Å². The molecule has 2 nitrogen and oxygen atoms in total. The molecule has 0 N–H and O–H groups in total. The van der Waals surface area contributed by atoms with E-state index in [-0.39, 0.29) is 5.91 Å². The van der Waals surface area contributed by atoms with Crippen molar-refractivity contribution in [1.82, 2.24) is 4.90 Å². The van der Waals surface area contributed by atoms with Crippen LogP contribution in [0.4, 0.5) is 0 Å². The van der Waals surface area contributed by atoms with Crippen LogP contribution in [0, 0.1) is 0 Å². The normalized spacial score (nSPS) is 12.2. The van der Waals surface area contributed by atoms with Crippen molar-refractivity contribution in [2.75, 3.05) is 13.6 Å². The standard InChI is InChI=1S/C11H21NOS/c1-4-6-7-10(14)8-9-12(3)11(13)5-2/h5,10,14H,2,4,6-9H2,1,3H3. The van der Waals surface area contributed by atoms with Crippen LogP contribution in [-0.2, 0) is 4.79 Å². The lowest BCUT2D eigenvalue weighted by molar-refractivity contribution is -0.124. The molecule has 1 atom stereocenters. The van der Waals surface area contributed by atoms with E-state index in [1.165, 1.54) is 18.9 Å². The summed E-state index contributed by atoms with van der Waals surface area (Å²) in [5.74, 6) is -0.0129. The Balaban J connectivity index is 3.60. The Hall–Kier alpha value is -0.440. The van der Waals surface area contributed by atoms with Crippen LogP contribution in [0.15, 0.2) is 12.7 Å². The highest BCUT2D eigenvalue weighted by molar-refractivity contribution is 7.80. The van der Waals surface area contributed by atoms with Gasteiger partial charge in [0.2, 0.25) is 5.91 Å². The molecule has 0 saturated heterocycles. The van der Waals surface area contributed by atoms with Crippen LogP contribution in [0.2, 0.25) is 0 Å². The Bertz CT molecular complexity index is 182. The first-order valence-corrected chi connectivity index (χ1v) is 5.69. The van der Waals surface area contributed by atoms with Gasteiger partial charge in [0.1, 0.15) is 0 Å². The number of hydrogen-bond donors (Lipinski definition) is 1. The second-order valence-corrected chi connectivity index (χ2v) is 4.28. The smallest absolute Gasteiger partial charge is 0.245 e. The molecule has 0 aromatic carbocycles. The maximum absolute atomic E-state index is 11.1. The fourth-order valence-corrected chi connectivity index (χ4v) is 1.49. The average molecular weight is 215 g/mol. The summed E-state index contributed by atoms with van der Waals surface area (Å²) in [6, 6.07) is 0. The van der Waals surface area contributed by atoms with Crippen molar-refractivity contribution in [3.63, 3.8) is 0 Å². The van der Waals surface area contributed by atoms with E-state index >= 15 is 0 Å². The Morgan fingerprint density at radius 3 is 2.71 bits per heavy atom. The van der Waals surface area contributed by atoms with Crippen LogP contribution in [0.5, 0.6) is 0 Å². The van der Waals surface area contributed by atoms with Crippen LogP contribution in [0.1, 0.15) is 32.6 Å². The molecule has 14 heavy (non-hydrogen) atoms. The molecule has 0 radical (unpaired) electrons. The van der Waals surface area contributed by atoms with E-state index in [2.05, 4.69) is 26.1 Å².